The Morgan fingerprint density at radius 2 is 2.12 bits per heavy atom. The third kappa shape index (κ3) is 3.36. The Kier molecular flexibility index (Phi) is 4.76. The van der Waals surface area contributed by atoms with Gasteiger partial charge in [0.1, 0.15) is 9.71 Å². The van der Waals surface area contributed by atoms with Gasteiger partial charge in [0, 0.05) is 23.5 Å². The molecular weight excluding hydrogens is 338 g/mol. The van der Waals surface area contributed by atoms with E-state index in [0.717, 1.165) is 16.6 Å². The summed E-state index contributed by atoms with van der Waals surface area (Å²) in [7, 11) is 0. The number of aryl methyl sites for hydroxylation is 2. The van der Waals surface area contributed by atoms with Crippen LogP contribution in [0.2, 0.25) is 0 Å². The number of rotatable bonds is 4. The van der Waals surface area contributed by atoms with Crippen LogP contribution in [0, 0.1) is 13.8 Å². The summed E-state index contributed by atoms with van der Waals surface area (Å²) >= 11 is 1.22. The molecular formula is C18H17N3O3S. The van der Waals surface area contributed by atoms with E-state index in [-0.39, 0.29) is 12.5 Å². The van der Waals surface area contributed by atoms with Crippen LogP contribution in [-0.2, 0) is 4.74 Å². The van der Waals surface area contributed by atoms with Gasteiger partial charge in [-0.05, 0) is 44.5 Å². The summed E-state index contributed by atoms with van der Waals surface area (Å²) in [4.78, 5) is 34.4. The summed E-state index contributed by atoms with van der Waals surface area (Å²) in [5.74, 6) is -0.803. The average Bonchev–Trinajstić information content (AvgIpc) is 2.94. The Morgan fingerprint density at radius 3 is 2.80 bits per heavy atom. The predicted octanol–water partition coefficient (Wildman–Crippen LogP) is 3.74. The normalized spacial score (nSPS) is 10.7. The van der Waals surface area contributed by atoms with Gasteiger partial charge in [0.25, 0.3) is 5.91 Å². The van der Waals surface area contributed by atoms with E-state index in [1.165, 1.54) is 17.5 Å². The van der Waals surface area contributed by atoms with Gasteiger partial charge in [0.05, 0.1) is 17.9 Å². The van der Waals surface area contributed by atoms with E-state index in [1.54, 1.807) is 25.3 Å². The van der Waals surface area contributed by atoms with Crippen LogP contribution in [-0.4, -0.2) is 28.5 Å². The first kappa shape index (κ1) is 17.0. The van der Waals surface area contributed by atoms with Gasteiger partial charge in [0.2, 0.25) is 0 Å². The van der Waals surface area contributed by atoms with Crippen molar-refractivity contribution in [1.29, 1.82) is 0 Å². The maximum absolute atomic E-state index is 12.5. The Hall–Kier alpha value is -2.80. The second-order valence-corrected chi connectivity index (χ2v) is 6.48. The zero-order valence-corrected chi connectivity index (χ0v) is 14.9. The van der Waals surface area contributed by atoms with Crippen molar-refractivity contribution in [1.82, 2.24) is 9.97 Å². The third-order valence-corrected chi connectivity index (χ3v) is 4.67. The van der Waals surface area contributed by atoms with Crippen LogP contribution in [0.15, 0.2) is 30.6 Å². The molecule has 0 aliphatic rings. The summed E-state index contributed by atoms with van der Waals surface area (Å²) in [5.41, 5.74) is 2.65. The van der Waals surface area contributed by atoms with Crippen molar-refractivity contribution in [2.75, 3.05) is 11.9 Å². The summed E-state index contributed by atoms with van der Waals surface area (Å²) in [6.07, 6.45) is 3.07. The molecule has 0 radical (unpaired) electrons. The molecule has 3 aromatic heterocycles. The average molecular weight is 355 g/mol. The van der Waals surface area contributed by atoms with E-state index in [2.05, 4.69) is 15.3 Å². The molecule has 0 aliphatic heterocycles. The lowest BCUT2D eigenvalue weighted by molar-refractivity contribution is 0.0533. The second kappa shape index (κ2) is 6.98. The van der Waals surface area contributed by atoms with Crippen LogP contribution in [0.1, 0.15) is 38.2 Å². The molecule has 3 rings (SSSR count). The molecule has 0 bridgehead atoms. The number of anilines is 1. The molecule has 0 fully saturated rings. The molecule has 0 unspecified atom stereocenters. The molecule has 0 saturated carbocycles. The lowest BCUT2D eigenvalue weighted by atomic mass is 10.1. The van der Waals surface area contributed by atoms with E-state index in [0.29, 0.717) is 21.0 Å². The monoisotopic (exact) mass is 355 g/mol. The number of pyridine rings is 2. The number of amides is 1. The number of esters is 1. The minimum absolute atomic E-state index is 0.258. The molecule has 7 heteroatoms. The van der Waals surface area contributed by atoms with Gasteiger partial charge in [-0.25, -0.2) is 9.78 Å². The zero-order chi connectivity index (χ0) is 18.0. The van der Waals surface area contributed by atoms with Gasteiger partial charge in [-0.3, -0.25) is 9.78 Å². The van der Waals surface area contributed by atoms with Gasteiger partial charge >= 0.3 is 5.97 Å². The first-order valence-corrected chi connectivity index (χ1v) is 8.62. The second-order valence-electron chi connectivity index (χ2n) is 5.48. The molecule has 1 amide bonds. The molecule has 0 aromatic carbocycles. The van der Waals surface area contributed by atoms with Crippen LogP contribution in [0.25, 0.3) is 10.2 Å². The molecule has 1 N–H and O–H groups in total. The number of nitrogens with one attached hydrogen (secondary N) is 1. The lowest BCUT2D eigenvalue weighted by Crippen LogP contribution is -2.15. The van der Waals surface area contributed by atoms with Crippen molar-refractivity contribution >= 4 is 39.1 Å². The summed E-state index contributed by atoms with van der Waals surface area (Å²) < 4.78 is 5.14. The number of aromatic nitrogens is 2. The number of carbonyl (C=O) groups is 2. The number of nitrogens with zero attached hydrogens (tertiary/aromatic N) is 2. The summed E-state index contributed by atoms with van der Waals surface area (Å²) in [6.45, 7) is 5.82. The van der Waals surface area contributed by atoms with Crippen LogP contribution < -0.4 is 5.32 Å². The SMILES string of the molecule is CCOC(=O)c1sc2nc(C)cc(C)c2c1NC(=O)c1cccnc1. The summed E-state index contributed by atoms with van der Waals surface area (Å²) in [6, 6.07) is 5.27. The number of hydrogen-bond acceptors (Lipinski definition) is 6. The van der Waals surface area contributed by atoms with Crippen molar-refractivity contribution in [2.45, 2.75) is 20.8 Å². The first-order chi connectivity index (χ1) is 12.0. The quantitative estimate of drug-likeness (QED) is 0.721. The maximum Gasteiger partial charge on any atom is 0.350 e. The highest BCUT2D eigenvalue weighted by Crippen LogP contribution is 2.38. The minimum Gasteiger partial charge on any atom is -0.462 e. The standard InChI is InChI=1S/C18H17N3O3S/c1-4-24-18(23)15-14(21-16(22)12-6-5-7-19-9-12)13-10(2)8-11(3)20-17(13)25-15/h5-9H,4H2,1-3H3,(H,21,22). The fraction of sp³-hybridized carbons (Fsp3) is 0.222. The minimum atomic E-state index is -0.468. The Labute approximate surface area is 148 Å². The van der Waals surface area contributed by atoms with E-state index < -0.39 is 5.97 Å². The van der Waals surface area contributed by atoms with Gasteiger partial charge < -0.3 is 10.1 Å². The highest BCUT2D eigenvalue weighted by molar-refractivity contribution is 7.21. The van der Waals surface area contributed by atoms with Gasteiger partial charge in [-0.1, -0.05) is 0 Å². The van der Waals surface area contributed by atoms with Gasteiger partial charge in [0.15, 0.2) is 0 Å². The van der Waals surface area contributed by atoms with Crippen LogP contribution in [0.4, 0.5) is 5.69 Å². The highest BCUT2D eigenvalue weighted by atomic mass is 32.1. The molecule has 25 heavy (non-hydrogen) atoms. The van der Waals surface area contributed by atoms with Crippen molar-refractivity contribution in [3.05, 3.63) is 52.3 Å². The van der Waals surface area contributed by atoms with Crippen molar-refractivity contribution < 1.29 is 14.3 Å². The van der Waals surface area contributed by atoms with E-state index in [1.807, 2.05) is 19.9 Å². The van der Waals surface area contributed by atoms with E-state index in [4.69, 9.17) is 4.74 Å². The van der Waals surface area contributed by atoms with E-state index >= 15 is 0 Å². The zero-order valence-electron chi connectivity index (χ0n) is 14.1. The number of fused-ring (bicyclic) bond motifs is 1. The van der Waals surface area contributed by atoms with Gasteiger partial charge in [-0.2, -0.15) is 0 Å². The molecule has 3 heterocycles. The number of hydrogen-bond donors (Lipinski definition) is 1. The van der Waals surface area contributed by atoms with Gasteiger partial charge in [-0.15, -0.1) is 11.3 Å². The van der Waals surface area contributed by atoms with E-state index in [9.17, 15) is 9.59 Å². The molecule has 3 aromatic rings. The van der Waals surface area contributed by atoms with Crippen LogP contribution in [0.3, 0.4) is 0 Å². The van der Waals surface area contributed by atoms with Crippen molar-refractivity contribution in [3.8, 4) is 0 Å². The molecule has 0 saturated heterocycles. The molecule has 0 aliphatic carbocycles. The predicted molar refractivity (Wildman–Crippen MR) is 97.2 cm³/mol. The van der Waals surface area contributed by atoms with Crippen LogP contribution >= 0.6 is 11.3 Å². The lowest BCUT2D eigenvalue weighted by Gasteiger charge is -2.08. The maximum atomic E-state index is 12.5. The third-order valence-electron chi connectivity index (χ3n) is 3.61. The molecule has 128 valence electrons. The Morgan fingerprint density at radius 1 is 1.32 bits per heavy atom. The van der Waals surface area contributed by atoms with Crippen molar-refractivity contribution in [2.24, 2.45) is 0 Å². The first-order valence-electron chi connectivity index (χ1n) is 7.80. The number of thiophene rings is 1. The number of carbonyl (C=O) groups excluding carboxylic acids is 2. The Balaban J connectivity index is 2.12. The number of ether oxygens (including phenoxy) is 1. The molecule has 0 spiro atoms. The van der Waals surface area contributed by atoms with Crippen molar-refractivity contribution in [3.63, 3.8) is 0 Å². The highest BCUT2D eigenvalue weighted by Gasteiger charge is 2.23. The smallest absolute Gasteiger partial charge is 0.350 e. The summed E-state index contributed by atoms with van der Waals surface area (Å²) in [5, 5.41) is 3.60. The Bertz CT molecular complexity index is 951. The molecule has 6 nitrogen and oxygen atoms in total. The fourth-order valence-electron chi connectivity index (χ4n) is 2.58. The van der Waals surface area contributed by atoms with Crippen LogP contribution in [0.5, 0.6) is 0 Å². The fourth-order valence-corrected chi connectivity index (χ4v) is 3.73. The molecule has 0 atom stereocenters. The topological polar surface area (TPSA) is 81.2 Å². The largest absolute Gasteiger partial charge is 0.462 e.